The van der Waals surface area contributed by atoms with Crippen molar-refractivity contribution in [1.29, 1.82) is 0 Å². The summed E-state index contributed by atoms with van der Waals surface area (Å²) in [5.41, 5.74) is 3.42. The molecule has 1 atom stereocenters. The predicted molar refractivity (Wildman–Crippen MR) is 88.8 cm³/mol. The van der Waals surface area contributed by atoms with E-state index in [1.807, 2.05) is 49.6 Å². The van der Waals surface area contributed by atoms with E-state index in [1.54, 1.807) is 0 Å². The Morgan fingerprint density at radius 2 is 2.09 bits per heavy atom. The molecule has 0 fully saturated rings. The number of aryl methyl sites for hydroxylation is 1. The number of carbonyl (C=O) groups is 1. The van der Waals surface area contributed by atoms with Gasteiger partial charge in [0, 0.05) is 6.20 Å². The smallest absolute Gasteiger partial charge is 0.320 e. The molecule has 120 valence electrons. The summed E-state index contributed by atoms with van der Waals surface area (Å²) in [5, 5.41) is 0. The number of nitrogens with zero attached hydrogens (tertiary/aromatic N) is 2. The van der Waals surface area contributed by atoms with Crippen molar-refractivity contribution in [2.45, 2.75) is 31.9 Å². The Balaban J connectivity index is 1.57. The number of hydrogen-bond acceptors (Lipinski definition) is 4. The second-order valence-electron chi connectivity index (χ2n) is 6.02. The molecule has 0 saturated heterocycles. The monoisotopic (exact) mass is 310 g/mol. The Labute approximate surface area is 137 Å². The number of benzene rings is 1. The fourth-order valence-electron chi connectivity index (χ4n) is 3.11. The summed E-state index contributed by atoms with van der Waals surface area (Å²) in [5.74, 6) is -0.195. The van der Waals surface area contributed by atoms with Crippen LogP contribution in [0.1, 0.15) is 35.7 Å². The molecule has 0 unspecified atom stereocenters. The molecule has 23 heavy (non-hydrogen) atoms. The molecular formula is C19H22N2O2. The van der Waals surface area contributed by atoms with Gasteiger partial charge in [-0.2, -0.15) is 0 Å². The Kier molecular flexibility index (Phi) is 5.03. The molecule has 0 bridgehead atoms. The maximum Gasteiger partial charge on any atom is 0.320 e. The second-order valence-corrected chi connectivity index (χ2v) is 6.02. The third kappa shape index (κ3) is 3.96. The van der Waals surface area contributed by atoms with Crippen LogP contribution < -0.4 is 0 Å². The number of fused-ring (bicyclic) bond motifs is 1. The third-order valence-corrected chi connectivity index (χ3v) is 4.32. The Bertz CT molecular complexity index is 657. The summed E-state index contributed by atoms with van der Waals surface area (Å²) in [6.07, 6.45) is 5.07. The van der Waals surface area contributed by atoms with Crippen LogP contribution in [-0.4, -0.2) is 29.4 Å². The highest BCUT2D eigenvalue weighted by atomic mass is 16.5. The molecule has 1 aromatic carbocycles. The average Bonchev–Trinajstić information content (AvgIpc) is 2.60. The first kappa shape index (κ1) is 15.7. The summed E-state index contributed by atoms with van der Waals surface area (Å²) in [6, 6.07) is 14.1. The molecule has 2 aromatic rings. The van der Waals surface area contributed by atoms with Gasteiger partial charge in [0.2, 0.25) is 0 Å². The lowest BCUT2D eigenvalue weighted by Gasteiger charge is -2.31. The van der Waals surface area contributed by atoms with Crippen molar-refractivity contribution in [2.24, 2.45) is 0 Å². The minimum atomic E-state index is -0.195. The first-order chi connectivity index (χ1) is 11.2. The Morgan fingerprint density at radius 1 is 1.26 bits per heavy atom. The molecule has 0 saturated carbocycles. The van der Waals surface area contributed by atoms with Crippen molar-refractivity contribution in [3.05, 3.63) is 65.5 Å². The van der Waals surface area contributed by atoms with Crippen LogP contribution in [0.15, 0.2) is 48.7 Å². The topological polar surface area (TPSA) is 42.4 Å². The van der Waals surface area contributed by atoms with Crippen LogP contribution in [0.2, 0.25) is 0 Å². The van der Waals surface area contributed by atoms with Gasteiger partial charge in [0.25, 0.3) is 0 Å². The van der Waals surface area contributed by atoms with Gasteiger partial charge < -0.3 is 4.74 Å². The highest BCUT2D eigenvalue weighted by Gasteiger charge is 2.26. The number of esters is 1. The van der Waals surface area contributed by atoms with Crippen LogP contribution in [0, 0.1) is 0 Å². The van der Waals surface area contributed by atoms with E-state index in [-0.39, 0.29) is 18.6 Å². The summed E-state index contributed by atoms with van der Waals surface area (Å²) in [4.78, 5) is 18.7. The summed E-state index contributed by atoms with van der Waals surface area (Å²) in [7, 11) is 1.97. The van der Waals surface area contributed by atoms with E-state index >= 15 is 0 Å². The molecule has 0 aliphatic heterocycles. The van der Waals surface area contributed by atoms with E-state index in [0.29, 0.717) is 6.61 Å². The highest BCUT2D eigenvalue weighted by molar-refractivity contribution is 5.71. The standard InChI is InChI=1S/C19H22N2O2/c1-21(13-18(22)23-14-15-7-3-2-4-8-15)17-11-5-9-16-10-6-12-20-19(16)17/h2-4,6-8,10,12,17H,5,9,11,13-14H2,1H3/t17-/m0/s1. The van der Waals surface area contributed by atoms with Crippen molar-refractivity contribution in [3.63, 3.8) is 0 Å². The van der Waals surface area contributed by atoms with E-state index in [9.17, 15) is 4.79 Å². The van der Waals surface area contributed by atoms with Gasteiger partial charge in [0.1, 0.15) is 6.61 Å². The molecule has 4 nitrogen and oxygen atoms in total. The van der Waals surface area contributed by atoms with Crippen molar-refractivity contribution in [1.82, 2.24) is 9.88 Å². The van der Waals surface area contributed by atoms with Gasteiger partial charge in [-0.15, -0.1) is 0 Å². The lowest BCUT2D eigenvalue weighted by molar-refractivity contribution is -0.146. The number of rotatable bonds is 5. The maximum atomic E-state index is 12.1. The fourth-order valence-corrected chi connectivity index (χ4v) is 3.11. The number of likely N-dealkylation sites (N-methyl/N-ethyl adjacent to an activating group) is 1. The van der Waals surface area contributed by atoms with E-state index in [2.05, 4.69) is 16.0 Å². The predicted octanol–water partition coefficient (Wildman–Crippen LogP) is 3.13. The van der Waals surface area contributed by atoms with E-state index in [4.69, 9.17) is 4.74 Å². The van der Waals surface area contributed by atoms with Gasteiger partial charge >= 0.3 is 5.97 Å². The molecule has 0 radical (unpaired) electrons. The van der Waals surface area contributed by atoms with Gasteiger partial charge in [-0.3, -0.25) is 14.7 Å². The van der Waals surface area contributed by atoms with E-state index in [1.165, 1.54) is 5.56 Å². The quantitative estimate of drug-likeness (QED) is 0.796. The molecular weight excluding hydrogens is 288 g/mol. The zero-order valence-corrected chi connectivity index (χ0v) is 13.4. The van der Waals surface area contributed by atoms with Crippen molar-refractivity contribution in [3.8, 4) is 0 Å². The van der Waals surface area contributed by atoms with Gasteiger partial charge in [-0.25, -0.2) is 0 Å². The third-order valence-electron chi connectivity index (χ3n) is 4.32. The first-order valence-corrected chi connectivity index (χ1v) is 8.07. The van der Waals surface area contributed by atoms with Crippen LogP contribution >= 0.6 is 0 Å². The molecule has 0 N–H and O–H groups in total. The van der Waals surface area contributed by atoms with Crippen LogP contribution in [0.3, 0.4) is 0 Å². The molecule has 0 spiro atoms. The average molecular weight is 310 g/mol. The van der Waals surface area contributed by atoms with E-state index < -0.39 is 0 Å². The molecule has 0 amide bonds. The first-order valence-electron chi connectivity index (χ1n) is 8.07. The molecule has 3 rings (SSSR count). The van der Waals surface area contributed by atoms with Crippen molar-refractivity contribution >= 4 is 5.97 Å². The SMILES string of the molecule is CN(CC(=O)OCc1ccccc1)[C@H]1CCCc2cccnc21. The van der Waals surface area contributed by atoms with Crippen LogP contribution in [0.5, 0.6) is 0 Å². The fraction of sp³-hybridized carbons (Fsp3) is 0.368. The molecule has 1 aromatic heterocycles. The summed E-state index contributed by atoms with van der Waals surface area (Å²) < 4.78 is 5.38. The molecule has 1 aliphatic carbocycles. The Hall–Kier alpha value is -2.20. The van der Waals surface area contributed by atoms with Gasteiger partial charge in [-0.05, 0) is 43.5 Å². The van der Waals surface area contributed by atoms with Crippen LogP contribution in [0.4, 0.5) is 0 Å². The number of carbonyl (C=O) groups excluding carboxylic acids is 1. The lowest BCUT2D eigenvalue weighted by atomic mass is 9.91. The summed E-state index contributed by atoms with van der Waals surface area (Å²) >= 11 is 0. The molecule has 1 aliphatic rings. The van der Waals surface area contributed by atoms with Crippen LogP contribution in [0.25, 0.3) is 0 Å². The number of hydrogen-bond donors (Lipinski definition) is 0. The van der Waals surface area contributed by atoms with Crippen molar-refractivity contribution < 1.29 is 9.53 Å². The van der Waals surface area contributed by atoms with E-state index in [0.717, 1.165) is 30.5 Å². The van der Waals surface area contributed by atoms with Crippen LogP contribution in [-0.2, 0) is 22.6 Å². The molecule has 1 heterocycles. The number of aromatic nitrogens is 1. The van der Waals surface area contributed by atoms with Gasteiger partial charge in [0.05, 0.1) is 18.3 Å². The zero-order chi connectivity index (χ0) is 16.1. The molecule has 4 heteroatoms. The van der Waals surface area contributed by atoms with Gasteiger partial charge in [-0.1, -0.05) is 36.4 Å². The lowest BCUT2D eigenvalue weighted by Crippen LogP contribution is -2.33. The minimum absolute atomic E-state index is 0.195. The number of ether oxygens (including phenoxy) is 1. The van der Waals surface area contributed by atoms with Crippen molar-refractivity contribution in [2.75, 3.05) is 13.6 Å². The maximum absolute atomic E-state index is 12.1. The Morgan fingerprint density at radius 3 is 2.91 bits per heavy atom. The zero-order valence-electron chi connectivity index (χ0n) is 13.4. The normalized spacial score (nSPS) is 16.9. The highest BCUT2D eigenvalue weighted by Crippen LogP contribution is 2.31. The van der Waals surface area contributed by atoms with Gasteiger partial charge in [0.15, 0.2) is 0 Å². The summed E-state index contributed by atoms with van der Waals surface area (Å²) in [6.45, 7) is 0.612. The number of pyridine rings is 1. The largest absolute Gasteiger partial charge is 0.460 e. The second kappa shape index (κ2) is 7.38. The minimum Gasteiger partial charge on any atom is -0.460 e.